The summed E-state index contributed by atoms with van der Waals surface area (Å²) in [5.41, 5.74) is 1.83. The first kappa shape index (κ1) is 18.4. The number of H-pyrrole nitrogens is 1. The predicted octanol–water partition coefficient (Wildman–Crippen LogP) is 3.62. The summed E-state index contributed by atoms with van der Waals surface area (Å²) in [6.45, 7) is 2.67. The molecule has 0 bridgehead atoms. The highest BCUT2D eigenvalue weighted by Gasteiger charge is 2.34. The number of nitrogens with zero attached hydrogens (tertiary/aromatic N) is 2. The Morgan fingerprint density at radius 2 is 2.07 bits per heavy atom. The number of rotatable bonds is 5. The summed E-state index contributed by atoms with van der Waals surface area (Å²) in [6.07, 6.45) is 1.82. The van der Waals surface area contributed by atoms with E-state index in [1.807, 2.05) is 55.5 Å². The average Bonchev–Trinajstić information content (AvgIpc) is 3.42. The number of likely N-dealkylation sites (tertiary alicyclic amines) is 1. The van der Waals surface area contributed by atoms with Gasteiger partial charge in [-0.3, -0.25) is 14.7 Å². The summed E-state index contributed by atoms with van der Waals surface area (Å²) < 4.78 is 0. The van der Waals surface area contributed by atoms with Crippen molar-refractivity contribution in [3.63, 3.8) is 0 Å². The van der Waals surface area contributed by atoms with Crippen LogP contribution in [0.1, 0.15) is 23.3 Å². The van der Waals surface area contributed by atoms with Gasteiger partial charge < -0.3 is 10.2 Å². The molecule has 7 heteroatoms. The van der Waals surface area contributed by atoms with Crippen LogP contribution in [0.5, 0.6) is 0 Å². The molecule has 1 aliphatic heterocycles. The normalized spacial score (nSPS) is 16.3. The zero-order valence-electron chi connectivity index (χ0n) is 15.6. The topological polar surface area (TPSA) is 78.1 Å². The van der Waals surface area contributed by atoms with E-state index in [0.29, 0.717) is 25.2 Å². The zero-order valence-corrected chi connectivity index (χ0v) is 16.5. The Labute approximate surface area is 167 Å². The van der Waals surface area contributed by atoms with Gasteiger partial charge in [-0.15, -0.1) is 11.3 Å². The second kappa shape index (κ2) is 7.98. The summed E-state index contributed by atoms with van der Waals surface area (Å²) in [4.78, 5) is 29.5. The van der Waals surface area contributed by atoms with E-state index in [9.17, 15) is 9.59 Å². The Morgan fingerprint density at radius 3 is 2.82 bits per heavy atom. The summed E-state index contributed by atoms with van der Waals surface area (Å²) in [6, 6.07) is 15.1. The first-order chi connectivity index (χ1) is 13.6. The number of amides is 2. The molecule has 6 nitrogen and oxygen atoms in total. The molecule has 1 aliphatic rings. The Balaban J connectivity index is 1.41. The molecule has 1 unspecified atom stereocenters. The van der Waals surface area contributed by atoms with Crippen LogP contribution in [0.25, 0.3) is 10.6 Å². The van der Waals surface area contributed by atoms with E-state index in [-0.39, 0.29) is 11.8 Å². The number of nitrogens with one attached hydrogen (secondary N) is 2. The number of carbonyl (C=O) groups excluding carboxylic acids is 2. The highest BCUT2D eigenvalue weighted by molar-refractivity contribution is 7.15. The highest BCUT2D eigenvalue weighted by Crippen LogP contribution is 2.28. The number of aryl methyl sites for hydroxylation is 1. The predicted molar refractivity (Wildman–Crippen MR) is 110 cm³/mol. The third-order valence-electron chi connectivity index (χ3n) is 4.91. The Hall–Kier alpha value is -2.93. The molecule has 0 radical (unpaired) electrons. The Bertz CT molecular complexity index is 979. The number of anilines is 1. The third kappa shape index (κ3) is 3.99. The number of benzene rings is 1. The quantitative estimate of drug-likeness (QED) is 0.694. The first-order valence-electron chi connectivity index (χ1n) is 9.36. The fraction of sp³-hybridized carbons (Fsp3) is 0.286. The van der Waals surface area contributed by atoms with Gasteiger partial charge in [-0.2, -0.15) is 5.10 Å². The van der Waals surface area contributed by atoms with Crippen LogP contribution in [0.3, 0.4) is 0 Å². The molecule has 3 heterocycles. The molecule has 1 saturated heterocycles. The second-order valence-corrected chi connectivity index (χ2v) is 8.26. The molecule has 1 fully saturated rings. The SMILES string of the molecule is Cc1ccc(-c2cc(NC(=O)C3CCCN3C(=O)Cc3ccccc3)n[nH]2)s1. The van der Waals surface area contributed by atoms with Gasteiger partial charge >= 0.3 is 0 Å². The minimum Gasteiger partial charge on any atom is -0.330 e. The van der Waals surface area contributed by atoms with Crippen molar-refractivity contribution in [3.05, 3.63) is 59.0 Å². The van der Waals surface area contributed by atoms with Crippen molar-refractivity contribution in [2.24, 2.45) is 0 Å². The molecule has 0 spiro atoms. The lowest BCUT2D eigenvalue weighted by molar-refractivity contribution is -0.136. The number of aromatic nitrogens is 2. The fourth-order valence-corrected chi connectivity index (χ4v) is 4.34. The molecule has 28 heavy (non-hydrogen) atoms. The van der Waals surface area contributed by atoms with Gasteiger partial charge in [0.05, 0.1) is 17.0 Å². The van der Waals surface area contributed by atoms with E-state index in [1.54, 1.807) is 16.2 Å². The smallest absolute Gasteiger partial charge is 0.248 e. The molecule has 2 amide bonds. The largest absolute Gasteiger partial charge is 0.330 e. The van der Waals surface area contributed by atoms with Gasteiger partial charge in [0, 0.05) is 17.5 Å². The molecular weight excluding hydrogens is 372 g/mol. The molecule has 1 atom stereocenters. The average molecular weight is 394 g/mol. The zero-order chi connectivity index (χ0) is 19.5. The van der Waals surface area contributed by atoms with Gasteiger partial charge in [0.15, 0.2) is 5.82 Å². The maximum Gasteiger partial charge on any atom is 0.248 e. The molecule has 3 aromatic rings. The highest BCUT2D eigenvalue weighted by atomic mass is 32.1. The number of thiophene rings is 1. The number of aromatic amines is 1. The van der Waals surface area contributed by atoms with Crippen LogP contribution < -0.4 is 5.32 Å². The van der Waals surface area contributed by atoms with Crippen LogP contribution in [0.2, 0.25) is 0 Å². The van der Waals surface area contributed by atoms with Crippen molar-refractivity contribution >= 4 is 29.0 Å². The maximum atomic E-state index is 12.8. The van der Waals surface area contributed by atoms with Crippen LogP contribution in [0, 0.1) is 6.92 Å². The standard InChI is InChI=1S/C21H22N4O2S/c1-14-9-10-18(28-14)16-13-19(24-23-16)22-21(27)17-8-5-11-25(17)20(26)12-15-6-3-2-4-7-15/h2-4,6-7,9-10,13,17H,5,8,11-12H2,1H3,(H2,22,23,24,27). The summed E-state index contributed by atoms with van der Waals surface area (Å²) >= 11 is 1.67. The fourth-order valence-electron chi connectivity index (χ4n) is 3.51. The molecule has 1 aromatic carbocycles. The lowest BCUT2D eigenvalue weighted by atomic mass is 10.1. The lowest BCUT2D eigenvalue weighted by Gasteiger charge is -2.23. The molecule has 0 aliphatic carbocycles. The van der Waals surface area contributed by atoms with E-state index < -0.39 is 6.04 Å². The second-order valence-electron chi connectivity index (χ2n) is 6.97. The molecule has 4 rings (SSSR count). The van der Waals surface area contributed by atoms with Crippen LogP contribution in [0.15, 0.2) is 48.5 Å². The minimum absolute atomic E-state index is 0.0133. The minimum atomic E-state index is -0.444. The Kier molecular flexibility index (Phi) is 5.25. The van der Waals surface area contributed by atoms with Gasteiger partial charge in [0.1, 0.15) is 6.04 Å². The first-order valence-corrected chi connectivity index (χ1v) is 10.2. The lowest BCUT2D eigenvalue weighted by Crippen LogP contribution is -2.43. The summed E-state index contributed by atoms with van der Waals surface area (Å²) in [5.74, 6) is 0.286. The van der Waals surface area contributed by atoms with E-state index in [4.69, 9.17) is 0 Å². The van der Waals surface area contributed by atoms with Crippen molar-refractivity contribution in [1.82, 2.24) is 15.1 Å². The third-order valence-corrected chi connectivity index (χ3v) is 5.94. The van der Waals surface area contributed by atoms with Crippen molar-refractivity contribution < 1.29 is 9.59 Å². The van der Waals surface area contributed by atoms with E-state index in [1.165, 1.54) is 4.88 Å². The van der Waals surface area contributed by atoms with Crippen LogP contribution in [0.4, 0.5) is 5.82 Å². The van der Waals surface area contributed by atoms with Crippen LogP contribution in [-0.4, -0.2) is 39.5 Å². The van der Waals surface area contributed by atoms with Crippen molar-refractivity contribution in [2.45, 2.75) is 32.2 Å². The number of hydrogen-bond donors (Lipinski definition) is 2. The Morgan fingerprint density at radius 1 is 1.25 bits per heavy atom. The maximum absolute atomic E-state index is 12.8. The monoisotopic (exact) mass is 394 g/mol. The van der Waals surface area contributed by atoms with Crippen molar-refractivity contribution in [2.75, 3.05) is 11.9 Å². The van der Waals surface area contributed by atoms with E-state index in [2.05, 4.69) is 15.5 Å². The summed E-state index contributed by atoms with van der Waals surface area (Å²) in [5, 5.41) is 10.0. The van der Waals surface area contributed by atoms with E-state index >= 15 is 0 Å². The van der Waals surface area contributed by atoms with Gasteiger partial charge in [-0.25, -0.2) is 0 Å². The van der Waals surface area contributed by atoms with Gasteiger partial charge in [0.25, 0.3) is 0 Å². The van der Waals surface area contributed by atoms with Gasteiger partial charge in [-0.05, 0) is 37.5 Å². The number of hydrogen-bond acceptors (Lipinski definition) is 4. The summed E-state index contributed by atoms with van der Waals surface area (Å²) in [7, 11) is 0. The van der Waals surface area contributed by atoms with Crippen LogP contribution >= 0.6 is 11.3 Å². The molecule has 144 valence electrons. The van der Waals surface area contributed by atoms with Crippen molar-refractivity contribution in [3.8, 4) is 10.6 Å². The number of carbonyl (C=O) groups is 2. The van der Waals surface area contributed by atoms with Gasteiger partial charge in [-0.1, -0.05) is 30.3 Å². The molecule has 0 saturated carbocycles. The molecule has 2 aromatic heterocycles. The van der Waals surface area contributed by atoms with E-state index in [0.717, 1.165) is 22.6 Å². The van der Waals surface area contributed by atoms with Gasteiger partial charge in [0.2, 0.25) is 11.8 Å². The van der Waals surface area contributed by atoms with Crippen molar-refractivity contribution in [1.29, 1.82) is 0 Å². The molecular formula is C21H22N4O2S. The molecule has 2 N–H and O–H groups in total. The van der Waals surface area contributed by atoms with Crippen LogP contribution in [-0.2, 0) is 16.0 Å².